The van der Waals surface area contributed by atoms with Crippen LogP contribution >= 0.6 is 23.2 Å². The number of rotatable bonds is 12. The maximum Gasteiger partial charge on any atom is 0.264 e. The molecule has 0 unspecified atom stereocenters. The summed E-state index contributed by atoms with van der Waals surface area (Å²) in [4.78, 5) is 30.4. The number of carbonyl (C=O) groups excluding carboxylic acids is 2. The van der Waals surface area contributed by atoms with E-state index in [0.717, 1.165) is 35.6 Å². The number of benzene rings is 4. The Balaban J connectivity index is 1.42. The van der Waals surface area contributed by atoms with E-state index in [2.05, 4.69) is 5.32 Å². The van der Waals surface area contributed by atoms with E-state index in [1.807, 2.05) is 30.3 Å². The normalized spacial score (nSPS) is 15.0. The van der Waals surface area contributed by atoms with E-state index < -0.39 is 28.5 Å². The molecule has 12 heteroatoms. The van der Waals surface area contributed by atoms with Gasteiger partial charge >= 0.3 is 0 Å². The molecule has 1 fully saturated rings. The van der Waals surface area contributed by atoms with Crippen molar-refractivity contribution in [2.75, 3.05) is 24.1 Å². The van der Waals surface area contributed by atoms with E-state index in [1.165, 1.54) is 17.0 Å². The van der Waals surface area contributed by atoms with Crippen LogP contribution in [0.3, 0.4) is 0 Å². The number of ether oxygens (including phenoxy) is 2. The molecule has 0 saturated heterocycles. The summed E-state index contributed by atoms with van der Waals surface area (Å²) in [6.07, 6.45) is 3.94. The largest absolute Gasteiger partial charge is 0.486 e. The number of hydrogen-bond donors (Lipinski definition) is 1. The van der Waals surface area contributed by atoms with Gasteiger partial charge in [-0.25, -0.2) is 8.42 Å². The molecule has 0 bridgehead atoms. The van der Waals surface area contributed by atoms with Crippen molar-refractivity contribution >= 4 is 50.7 Å². The fourth-order valence-corrected chi connectivity index (χ4v) is 8.09. The van der Waals surface area contributed by atoms with E-state index in [9.17, 15) is 18.0 Å². The summed E-state index contributed by atoms with van der Waals surface area (Å²) < 4.78 is 41.1. The molecule has 256 valence electrons. The fraction of sp³-hybridized carbons (Fsp3) is 0.297. The van der Waals surface area contributed by atoms with Crippen LogP contribution in [0.2, 0.25) is 10.0 Å². The molecule has 1 aliphatic heterocycles. The minimum atomic E-state index is -4.27. The van der Waals surface area contributed by atoms with Crippen LogP contribution in [-0.4, -0.2) is 57.0 Å². The number of amides is 2. The molecule has 9 nitrogen and oxygen atoms in total. The maximum atomic E-state index is 14.8. The maximum absolute atomic E-state index is 14.8. The predicted molar refractivity (Wildman–Crippen MR) is 190 cm³/mol. The molecule has 0 radical (unpaired) electrons. The van der Waals surface area contributed by atoms with Gasteiger partial charge in [0.05, 0.1) is 10.6 Å². The average Bonchev–Trinajstić information content (AvgIpc) is 3.63. The zero-order valence-corrected chi connectivity index (χ0v) is 29.1. The Labute approximate surface area is 296 Å². The van der Waals surface area contributed by atoms with Crippen LogP contribution in [0, 0.1) is 0 Å². The third-order valence-electron chi connectivity index (χ3n) is 8.75. The topological polar surface area (TPSA) is 105 Å². The molecule has 2 aliphatic rings. The second-order valence-corrected chi connectivity index (χ2v) is 14.8. The molecule has 49 heavy (non-hydrogen) atoms. The summed E-state index contributed by atoms with van der Waals surface area (Å²) in [6.45, 7) is -0.00656. The van der Waals surface area contributed by atoms with Crippen molar-refractivity contribution in [3.8, 4) is 11.5 Å². The molecule has 0 spiro atoms. The van der Waals surface area contributed by atoms with Crippen LogP contribution < -0.4 is 19.1 Å². The van der Waals surface area contributed by atoms with Crippen LogP contribution in [0.5, 0.6) is 11.5 Å². The van der Waals surface area contributed by atoms with E-state index in [4.69, 9.17) is 32.7 Å². The van der Waals surface area contributed by atoms with Gasteiger partial charge in [-0.15, -0.1) is 0 Å². The highest BCUT2D eigenvalue weighted by Gasteiger charge is 2.36. The number of anilines is 1. The van der Waals surface area contributed by atoms with Gasteiger partial charge in [0.2, 0.25) is 11.8 Å². The third kappa shape index (κ3) is 8.32. The summed E-state index contributed by atoms with van der Waals surface area (Å²) in [7, 11) is -4.27. The number of hydrogen-bond acceptors (Lipinski definition) is 6. The van der Waals surface area contributed by atoms with Crippen LogP contribution in [0.4, 0.5) is 5.69 Å². The summed E-state index contributed by atoms with van der Waals surface area (Å²) in [5, 5.41) is 3.91. The standard InChI is InChI=1S/C37H37Cl2N3O6S/c38-28-16-15-27(32(39)22-28)24-41(33(21-26-9-3-1-4-10-26)37(44)40-29-11-7-8-12-29)36(43)25-42(49(45,46)31-13-5-2-6-14-31)30-17-18-34-35(23-30)48-20-19-47-34/h1-6,9-10,13-18,22-23,29,33H,7-8,11-12,19-21,24-25H2,(H,40,44)/t33-/m0/s1. The molecule has 4 aromatic carbocycles. The summed E-state index contributed by atoms with van der Waals surface area (Å²) >= 11 is 12.8. The van der Waals surface area contributed by atoms with Crippen LogP contribution in [0.1, 0.15) is 36.8 Å². The molecule has 4 aromatic rings. The van der Waals surface area contributed by atoms with Gasteiger partial charge in [0.1, 0.15) is 25.8 Å². The molecule has 1 atom stereocenters. The Hall–Kier alpha value is -4.25. The first kappa shape index (κ1) is 34.6. The first-order valence-corrected chi connectivity index (χ1v) is 18.4. The van der Waals surface area contributed by atoms with Crippen molar-refractivity contribution in [2.24, 2.45) is 0 Å². The Bertz CT molecular complexity index is 1890. The molecule has 1 heterocycles. The molecule has 1 N–H and O–H groups in total. The summed E-state index contributed by atoms with van der Waals surface area (Å²) in [5.74, 6) is -0.0649. The van der Waals surface area contributed by atoms with Crippen LogP contribution in [-0.2, 0) is 32.6 Å². The SMILES string of the molecule is O=C(NC1CCCC1)[C@H](Cc1ccccc1)N(Cc1ccc(Cl)cc1Cl)C(=O)CN(c1ccc2c(c1)OCCO2)S(=O)(=O)c1ccccc1. The van der Waals surface area contributed by atoms with Gasteiger partial charge in [-0.1, -0.05) is 90.6 Å². The van der Waals surface area contributed by atoms with E-state index >= 15 is 0 Å². The van der Waals surface area contributed by atoms with Crippen molar-refractivity contribution in [1.29, 1.82) is 0 Å². The Morgan fingerprint density at radius 3 is 2.20 bits per heavy atom. The predicted octanol–water partition coefficient (Wildman–Crippen LogP) is 6.66. The fourth-order valence-electron chi connectivity index (χ4n) is 6.19. The van der Waals surface area contributed by atoms with Crippen molar-refractivity contribution in [2.45, 2.75) is 55.6 Å². The van der Waals surface area contributed by atoms with Crippen molar-refractivity contribution in [3.63, 3.8) is 0 Å². The minimum Gasteiger partial charge on any atom is -0.486 e. The first-order chi connectivity index (χ1) is 23.7. The Morgan fingerprint density at radius 1 is 0.837 bits per heavy atom. The first-order valence-electron chi connectivity index (χ1n) is 16.2. The number of fused-ring (bicyclic) bond motifs is 1. The van der Waals surface area contributed by atoms with Crippen molar-refractivity contribution in [3.05, 3.63) is 118 Å². The van der Waals surface area contributed by atoms with E-state index in [0.29, 0.717) is 40.3 Å². The second kappa shape index (κ2) is 15.5. The molecule has 2 amide bonds. The Kier molecular flexibility index (Phi) is 11.0. The van der Waals surface area contributed by atoms with Gasteiger partial charge in [-0.3, -0.25) is 13.9 Å². The minimum absolute atomic E-state index is 0.00444. The Morgan fingerprint density at radius 2 is 1.51 bits per heavy atom. The van der Waals surface area contributed by atoms with E-state index in [-0.39, 0.29) is 35.5 Å². The second-order valence-electron chi connectivity index (χ2n) is 12.1. The molecule has 0 aromatic heterocycles. The highest BCUT2D eigenvalue weighted by molar-refractivity contribution is 7.92. The number of nitrogens with one attached hydrogen (secondary N) is 1. The van der Waals surface area contributed by atoms with E-state index in [1.54, 1.807) is 54.6 Å². The lowest BCUT2D eigenvalue weighted by Gasteiger charge is -2.34. The zero-order chi connectivity index (χ0) is 34.4. The third-order valence-corrected chi connectivity index (χ3v) is 11.1. The van der Waals surface area contributed by atoms with Crippen LogP contribution in [0.25, 0.3) is 0 Å². The number of nitrogens with zero attached hydrogens (tertiary/aromatic N) is 2. The molecule has 1 saturated carbocycles. The average molecular weight is 723 g/mol. The number of sulfonamides is 1. The molecular weight excluding hydrogens is 685 g/mol. The van der Waals surface area contributed by atoms with Gasteiger partial charge in [-0.05, 0) is 60.4 Å². The van der Waals surface area contributed by atoms with Gasteiger partial charge < -0.3 is 19.7 Å². The van der Waals surface area contributed by atoms with Gasteiger partial charge in [0.15, 0.2) is 11.5 Å². The summed E-state index contributed by atoms with van der Waals surface area (Å²) in [5.41, 5.74) is 1.61. The highest BCUT2D eigenvalue weighted by Crippen LogP contribution is 2.36. The molecule has 1 aliphatic carbocycles. The highest BCUT2D eigenvalue weighted by atomic mass is 35.5. The van der Waals surface area contributed by atoms with Gasteiger partial charge in [-0.2, -0.15) is 0 Å². The van der Waals surface area contributed by atoms with Gasteiger partial charge in [0.25, 0.3) is 10.0 Å². The lowest BCUT2D eigenvalue weighted by Crippen LogP contribution is -2.54. The van der Waals surface area contributed by atoms with Crippen LogP contribution in [0.15, 0.2) is 102 Å². The van der Waals surface area contributed by atoms with Gasteiger partial charge in [0, 0.05) is 35.1 Å². The lowest BCUT2D eigenvalue weighted by atomic mass is 10.0. The quantitative estimate of drug-likeness (QED) is 0.176. The lowest BCUT2D eigenvalue weighted by molar-refractivity contribution is -0.140. The molecule has 6 rings (SSSR count). The monoisotopic (exact) mass is 721 g/mol. The zero-order valence-electron chi connectivity index (χ0n) is 26.8. The number of carbonyl (C=O) groups is 2. The van der Waals surface area contributed by atoms with Crippen molar-refractivity contribution in [1.82, 2.24) is 10.2 Å². The smallest absolute Gasteiger partial charge is 0.264 e. The summed E-state index contributed by atoms with van der Waals surface area (Å²) in [6, 6.07) is 26.1. The van der Waals surface area contributed by atoms with Crippen molar-refractivity contribution < 1.29 is 27.5 Å². The number of halogens is 2. The molecular formula is C37H37Cl2N3O6S.